The Bertz CT molecular complexity index is 602. The van der Waals surface area contributed by atoms with Crippen LogP contribution in [0.2, 0.25) is 5.02 Å². The molecule has 0 radical (unpaired) electrons. The first-order valence-corrected chi connectivity index (χ1v) is 8.02. The van der Waals surface area contributed by atoms with Gasteiger partial charge in [0.25, 0.3) is 5.56 Å². The molecule has 1 heterocycles. The zero-order valence-electron chi connectivity index (χ0n) is 11.0. The fourth-order valence-corrected chi connectivity index (χ4v) is 2.62. The topological polar surface area (TPSA) is 113 Å². The molecule has 1 rings (SSSR count). The number of nitrogens with one attached hydrogen (secondary N) is 2. The number of aliphatic hydroxyl groups is 1. The summed E-state index contributed by atoms with van der Waals surface area (Å²) in [6.45, 7) is 1.93. The predicted molar refractivity (Wildman–Crippen MR) is 76.5 cm³/mol. The van der Waals surface area contributed by atoms with Crippen molar-refractivity contribution in [1.82, 2.24) is 14.5 Å². The molecule has 0 saturated carbocycles. The van der Waals surface area contributed by atoms with Crippen LogP contribution in [-0.4, -0.2) is 48.8 Å². The fourth-order valence-electron chi connectivity index (χ4n) is 1.45. The van der Waals surface area contributed by atoms with E-state index in [0.717, 1.165) is 4.68 Å². The van der Waals surface area contributed by atoms with Gasteiger partial charge < -0.3 is 10.4 Å². The molecule has 0 amide bonds. The molecule has 1 aromatic rings. The summed E-state index contributed by atoms with van der Waals surface area (Å²) in [7, 11) is -3.33. The zero-order valence-corrected chi connectivity index (χ0v) is 12.5. The third-order valence-corrected chi connectivity index (χ3v) is 4.18. The molecule has 10 heteroatoms. The molecule has 3 N–H and O–H groups in total. The van der Waals surface area contributed by atoms with E-state index in [9.17, 15) is 13.2 Å². The van der Waals surface area contributed by atoms with E-state index in [1.165, 1.54) is 6.20 Å². The van der Waals surface area contributed by atoms with Crippen molar-refractivity contribution in [3.8, 4) is 0 Å². The van der Waals surface area contributed by atoms with E-state index in [1.807, 2.05) is 0 Å². The van der Waals surface area contributed by atoms with E-state index < -0.39 is 15.6 Å². The molecule has 0 atom stereocenters. The molecule has 0 aliphatic rings. The minimum atomic E-state index is -3.33. The summed E-state index contributed by atoms with van der Waals surface area (Å²) in [4.78, 5) is 11.7. The molecule has 1 aromatic heterocycles. The molecular weight excluding hydrogens is 308 g/mol. The second kappa shape index (κ2) is 7.58. The van der Waals surface area contributed by atoms with Crippen molar-refractivity contribution in [2.75, 3.05) is 30.8 Å². The van der Waals surface area contributed by atoms with E-state index >= 15 is 0 Å². The Labute approximate surface area is 121 Å². The number of anilines is 1. The van der Waals surface area contributed by atoms with Crippen LogP contribution in [0.15, 0.2) is 11.0 Å². The zero-order chi connectivity index (χ0) is 15.2. The highest BCUT2D eigenvalue weighted by Gasteiger charge is 2.11. The van der Waals surface area contributed by atoms with Gasteiger partial charge in [0, 0.05) is 13.1 Å². The van der Waals surface area contributed by atoms with Crippen LogP contribution in [0.25, 0.3) is 0 Å². The van der Waals surface area contributed by atoms with E-state index in [4.69, 9.17) is 16.7 Å². The van der Waals surface area contributed by atoms with Crippen molar-refractivity contribution in [2.24, 2.45) is 0 Å². The van der Waals surface area contributed by atoms with Gasteiger partial charge in [0.15, 0.2) is 0 Å². The first kappa shape index (κ1) is 16.9. The lowest BCUT2D eigenvalue weighted by atomic mass is 10.4. The summed E-state index contributed by atoms with van der Waals surface area (Å²) >= 11 is 5.86. The monoisotopic (exact) mass is 324 g/mol. The van der Waals surface area contributed by atoms with Crippen LogP contribution in [0.3, 0.4) is 0 Å². The summed E-state index contributed by atoms with van der Waals surface area (Å²) in [6, 6.07) is 0. The van der Waals surface area contributed by atoms with Gasteiger partial charge in [-0.3, -0.25) is 4.79 Å². The van der Waals surface area contributed by atoms with Crippen LogP contribution in [-0.2, 0) is 16.6 Å². The molecule has 0 unspecified atom stereocenters. The van der Waals surface area contributed by atoms with E-state index in [2.05, 4.69) is 15.1 Å². The molecule has 0 aliphatic carbocycles. The predicted octanol–water partition coefficient (Wildman–Crippen LogP) is -0.760. The van der Waals surface area contributed by atoms with Gasteiger partial charge in [-0.25, -0.2) is 17.8 Å². The second-order valence-corrected chi connectivity index (χ2v) is 6.17. The Balaban J connectivity index is 2.71. The van der Waals surface area contributed by atoms with Crippen LogP contribution in [0.1, 0.15) is 6.92 Å². The molecule has 0 aliphatic heterocycles. The maximum atomic E-state index is 11.7. The second-order valence-electron chi connectivity index (χ2n) is 3.87. The maximum absolute atomic E-state index is 11.7. The number of nitrogens with zero attached hydrogens (tertiary/aromatic N) is 2. The average Bonchev–Trinajstić information content (AvgIpc) is 2.37. The lowest BCUT2D eigenvalue weighted by molar-refractivity contribution is 0.266. The largest absolute Gasteiger partial charge is 0.394 e. The highest BCUT2D eigenvalue weighted by Crippen LogP contribution is 2.14. The van der Waals surface area contributed by atoms with Crippen LogP contribution >= 0.6 is 11.6 Å². The summed E-state index contributed by atoms with van der Waals surface area (Å²) < 4.78 is 26.2. The Hall–Kier alpha value is -1.16. The number of hydrogen-bond acceptors (Lipinski definition) is 6. The van der Waals surface area contributed by atoms with E-state index in [1.54, 1.807) is 6.92 Å². The number of aromatic nitrogens is 2. The Morgan fingerprint density at radius 2 is 2.20 bits per heavy atom. The molecule has 0 spiro atoms. The Morgan fingerprint density at radius 1 is 1.50 bits per heavy atom. The van der Waals surface area contributed by atoms with Crippen LogP contribution in [0.5, 0.6) is 0 Å². The van der Waals surface area contributed by atoms with Crippen LogP contribution in [0.4, 0.5) is 5.69 Å². The first-order chi connectivity index (χ1) is 9.41. The van der Waals surface area contributed by atoms with Gasteiger partial charge in [-0.1, -0.05) is 18.5 Å². The van der Waals surface area contributed by atoms with E-state index in [0.29, 0.717) is 6.54 Å². The summed E-state index contributed by atoms with van der Waals surface area (Å²) in [5.74, 6) is -0.142. The summed E-state index contributed by atoms with van der Waals surface area (Å²) in [5.41, 5.74) is -0.280. The number of halogens is 1. The van der Waals surface area contributed by atoms with Crippen molar-refractivity contribution in [3.05, 3.63) is 21.6 Å². The van der Waals surface area contributed by atoms with Gasteiger partial charge in [-0.2, -0.15) is 5.10 Å². The van der Waals surface area contributed by atoms with Crippen molar-refractivity contribution < 1.29 is 13.5 Å². The van der Waals surface area contributed by atoms with Crippen LogP contribution < -0.4 is 15.6 Å². The highest BCUT2D eigenvalue weighted by molar-refractivity contribution is 7.89. The smallest absolute Gasteiger partial charge is 0.287 e. The minimum Gasteiger partial charge on any atom is -0.394 e. The minimum absolute atomic E-state index is 0.0492. The molecule has 0 bridgehead atoms. The standard InChI is InChI=1S/C10H17ClN4O4S/c1-2-14-20(18,19)6-3-12-8-7-13-15(4-5-16)10(17)9(8)11/h7,12,14,16H,2-6H2,1H3. The quantitative estimate of drug-likeness (QED) is 0.579. The fraction of sp³-hybridized carbons (Fsp3) is 0.600. The number of rotatable bonds is 8. The lowest BCUT2D eigenvalue weighted by Crippen LogP contribution is -2.30. The highest BCUT2D eigenvalue weighted by atomic mass is 35.5. The van der Waals surface area contributed by atoms with Crippen molar-refractivity contribution >= 4 is 27.3 Å². The summed E-state index contributed by atoms with van der Waals surface area (Å²) in [5, 5.41) is 15.2. The first-order valence-electron chi connectivity index (χ1n) is 5.99. The number of sulfonamides is 1. The molecule has 0 saturated heterocycles. The molecule has 114 valence electrons. The van der Waals surface area contributed by atoms with Crippen LogP contribution in [0, 0.1) is 0 Å². The number of hydrogen-bond donors (Lipinski definition) is 3. The van der Waals surface area contributed by atoms with Gasteiger partial charge in [0.05, 0.1) is 30.8 Å². The van der Waals surface area contributed by atoms with Gasteiger partial charge in [0.2, 0.25) is 10.0 Å². The van der Waals surface area contributed by atoms with Crippen molar-refractivity contribution in [1.29, 1.82) is 0 Å². The summed E-state index contributed by atoms with van der Waals surface area (Å²) in [6.07, 6.45) is 1.32. The maximum Gasteiger partial charge on any atom is 0.287 e. The SMILES string of the molecule is CCNS(=O)(=O)CCNc1cnn(CCO)c(=O)c1Cl. The van der Waals surface area contributed by atoms with E-state index in [-0.39, 0.29) is 36.2 Å². The normalized spacial score (nSPS) is 11.6. The molecular formula is C10H17ClN4O4S. The van der Waals surface area contributed by atoms with Crippen molar-refractivity contribution in [2.45, 2.75) is 13.5 Å². The van der Waals surface area contributed by atoms with Crippen molar-refractivity contribution in [3.63, 3.8) is 0 Å². The molecule has 0 fully saturated rings. The average molecular weight is 325 g/mol. The Kier molecular flexibility index (Phi) is 6.40. The third-order valence-electron chi connectivity index (χ3n) is 2.35. The number of aliphatic hydroxyl groups excluding tert-OH is 1. The van der Waals surface area contributed by atoms with Gasteiger partial charge >= 0.3 is 0 Å². The molecule has 8 nitrogen and oxygen atoms in total. The van der Waals surface area contributed by atoms with Gasteiger partial charge in [0.1, 0.15) is 5.02 Å². The molecule has 0 aromatic carbocycles. The van der Waals surface area contributed by atoms with Gasteiger partial charge in [-0.15, -0.1) is 0 Å². The Morgan fingerprint density at radius 3 is 2.80 bits per heavy atom. The third kappa shape index (κ3) is 4.75. The van der Waals surface area contributed by atoms with Gasteiger partial charge in [-0.05, 0) is 0 Å². The lowest BCUT2D eigenvalue weighted by Gasteiger charge is -2.10. The molecule has 20 heavy (non-hydrogen) atoms.